The Hall–Kier alpha value is -1.85. The van der Waals surface area contributed by atoms with Crippen LogP contribution in [0, 0.1) is 12.8 Å². The first kappa shape index (κ1) is 25.2. The van der Waals surface area contributed by atoms with E-state index in [2.05, 4.69) is 4.90 Å². The van der Waals surface area contributed by atoms with E-state index in [4.69, 9.17) is 9.72 Å². The van der Waals surface area contributed by atoms with Crippen LogP contribution >= 0.6 is 23.4 Å². The van der Waals surface area contributed by atoms with Crippen LogP contribution in [-0.4, -0.2) is 59.9 Å². The summed E-state index contributed by atoms with van der Waals surface area (Å²) in [5.74, 6) is -2.68. The van der Waals surface area contributed by atoms with Crippen LogP contribution in [0.2, 0.25) is 0 Å². The molecule has 188 valence electrons. The van der Waals surface area contributed by atoms with Crippen LogP contribution in [0.15, 0.2) is 30.3 Å². The van der Waals surface area contributed by atoms with E-state index in [0.29, 0.717) is 11.4 Å². The summed E-state index contributed by atoms with van der Waals surface area (Å²) < 4.78 is 56.8. The topological polar surface area (TPSA) is 72.3 Å². The van der Waals surface area contributed by atoms with Crippen LogP contribution in [0.1, 0.15) is 24.8 Å². The minimum absolute atomic E-state index is 0. The van der Waals surface area contributed by atoms with Crippen molar-refractivity contribution in [3.8, 4) is 11.3 Å². The number of rotatable bonds is 5. The zero-order valence-corrected chi connectivity index (χ0v) is 21.1. The van der Waals surface area contributed by atoms with Gasteiger partial charge in [0, 0.05) is 51.7 Å². The van der Waals surface area contributed by atoms with Crippen molar-refractivity contribution in [2.45, 2.75) is 38.2 Å². The molecule has 0 amide bonds. The minimum atomic E-state index is -3.38. The van der Waals surface area contributed by atoms with Gasteiger partial charge in [-0.05, 0) is 54.5 Å². The zero-order valence-electron chi connectivity index (χ0n) is 19.4. The number of piperidine rings is 1. The summed E-state index contributed by atoms with van der Waals surface area (Å²) in [6.45, 7) is 3.66. The van der Waals surface area contributed by atoms with E-state index in [1.807, 2.05) is 31.2 Å². The van der Waals surface area contributed by atoms with Crippen molar-refractivity contribution in [2.75, 3.05) is 47.3 Å². The molecule has 7 nitrogen and oxygen atoms in total. The molecule has 2 fully saturated rings. The Morgan fingerprint density at radius 3 is 2.44 bits per heavy atom. The van der Waals surface area contributed by atoms with Gasteiger partial charge >= 0.3 is 0 Å². The van der Waals surface area contributed by atoms with Gasteiger partial charge in [0.25, 0.3) is 5.92 Å². The molecule has 1 aromatic carbocycles. The first-order chi connectivity index (χ1) is 15.6. The van der Waals surface area contributed by atoms with Crippen LogP contribution in [0.25, 0.3) is 11.3 Å². The Bertz CT molecular complexity index is 1070. The molecule has 0 spiro atoms. The lowest BCUT2D eigenvalue weighted by molar-refractivity contribution is 0.0818. The van der Waals surface area contributed by atoms with Crippen molar-refractivity contribution >= 4 is 40.6 Å². The number of hydrogen-bond acceptors (Lipinski definition) is 7. The molecule has 1 atom stereocenters. The van der Waals surface area contributed by atoms with Crippen LogP contribution in [0.3, 0.4) is 0 Å². The number of nitrogens with zero attached hydrogens (tertiary/aromatic N) is 4. The minimum Gasteiger partial charge on any atom is -0.381 e. The quantitative estimate of drug-likeness (QED) is 0.537. The third-order valence-corrected chi connectivity index (χ3v) is 8.91. The second-order valence-corrected chi connectivity index (χ2v) is 11.1. The molecule has 1 unspecified atom stereocenters. The molecule has 2 aromatic rings. The van der Waals surface area contributed by atoms with Crippen molar-refractivity contribution < 1.29 is 22.6 Å². The third-order valence-electron chi connectivity index (χ3n) is 7.04. The van der Waals surface area contributed by atoms with Crippen molar-refractivity contribution in [3.63, 3.8) is 0 Å². The lowest BCUT2D eigenvalue weighted by Crippen LogP contribution is -2.37. The van der Waals surface area contributed by atoms with Crippen molar-refractivity contribution in [3.05, 3.63) is 35.9 Å². The number of fused-ring (bicyclic) bond motifs is 1. The molecule has 2 N–H and O–H groups in total. The predicted molar refractivity (Wildman–Crippen MR) is 136 cm³/mol. The predicted octanol–water partition coefficient (Wildman–Crippen LogP) is 5.59. The summed E-state index contributed by atoms with van der Waals surface area (Å²) in [6, 6.07) is 9.60. The van der Waals surface area contributed by atoms with E-state index < -0.39 is 22.8 Å². The Balaban J connectivity index is 0.00000274. The summed E-state index contributed by atoms with van der Waals surface area (Å²) >= 11 is 0. The Morgan fingerprint density at radius 2 is 1.82 bits per heavy atom. The number of aryl methyl sites for hydroxylation is 1. The van der Waals surface area contributed by atoms with Gasteiger partial charge in [-0.25, -0.2) is 13.8 Å². The maximum atomic E-state index is 13.5. The number of anilines is 3. The SMILES string of the molecule is COC1CCN(c2ccc(C)c(-c3ccc4c(c3)N(C)S(O)(O)N4CC3CC3(F)F)n2)CC1.Cl. The fraction of sp³-hybridized carbons (Fsp3) is 0.522. The van der Waals surface area contributed by atoms with Gasteiger partial charge in [0.05, 0.1) is 23.2 Å². The molecule has 0 bridgehead atoms. The van der Waals surface area contributed by atoms with Crippen LogP contribution in [-0.2, 0) is 4.74 Å². The summed E-state index contributed by atoms with van der Waals surface area (Å²) in [6.07, 6.45) is 1.99. The number of ether oxygens (including phenoxy) is 1. The molecule has 1 aromatic heterocycles. The van der Waals surface area contributed by atoms with E-state index >= 15 is 0 Å². The van der Waals surface area contributed by atoms with Crippen molar-refractivity contribution in [1.82, 2.24) is 4.98 Å². The third kappa shape index (κ3) is 4.30. The number of methoxy groups -OCH3 is 1. The van der Waals surface area contributed by atoms with Gasteiger partial charge in [0.1, 0.15) is 5.82 Å². The standard InChI is InChI=1S/C23H30F2N4O3S.ClH/c1-15-4-7-21(28-10-8-18(32-3)9-11-28)26-22(15)16-5-6-19-20(12-16)27(2)33(30,31)29(19)14-17-13-23(17,24)25;/h4-7,12,17-18,30-31H,8-11,13-14H2,1-3H3;1H. The average molecular weight is 517 g/mol. The Kier molecular flexibility index (Phi) is 6.67. The number of halogens is 3. The average Bonchev–Trinajstić information content (AvgIpc) is 3.37. The smallest absolute Gasteiger partial charge is 0.253 e. The lowest BCUT2D eigenvalue weighted by atomic mass is 10.0. The molecule has 1 saturated heterocycles. The highest BCUT2D eigenvalue weighted by Gasteiger charge is 2.59. The summed E-state index contributed by atoms with van der Waals surface area (Å²) in [5.41, 5.74) is 3.83. The monoisotopic (exact) mass is 516 g/mol. The van der Waals surface area contributed by atoms with Crippen LogP contribution < -0.4 is 13.5 Å². The second kappa shape index (κ2) is 8.98. The first-order valence-corrected chi connectivity index (χ1v) is 12.7. The maximum absolute atomic E-state index is 13.5. The molecule has 0 radical (unpaired) electrons. The van der Waals surface area contributed by atoms with Gasteiger partial charge in [0.2, 0.25) is 0 Å². The number of alkyl halides is 2. The van der Waals surface area contributed by atoms with Gasteiger partial charge in [0.15, 0.2) is 0 Å². The van der Waals surface area contributed by atoms with Gasteiger partial charge in [-0.3, -0.25) is 17.7 Å². The van der Waals surface area contributed by atoms with Crippen LogP contribution in [0.4, 0.5) is 26.0 Å². The molecular formula is C23H31ClF2N4O3S. The number of aromatic nitrogens is 1. The van der Waals surface area contributed by atoms with E-state index in [-0.39, 0.29) is 31.5 Å². The molecule has 1 saturated carbocycles. The Labute approximate surface area is 206 Å². The lowest BCUT2D eigenvalue weighted by Gasteiger charge is -2.42. The van der Waals surface area contributed by atoms with E-state index in [1.54, 1.807) is 20.2 Å². The van der Waals surface area contributed by atoms with Gasteiger partial charge < -0.3 is 9.64 Å². The molecule has 11 heteroatoms. The molecule has 5 rings (SSSR count). The largest absolute Gasteiger partial charge is 0.381 e. The number of pyridine rings is 1. The van der Waals surface area contributed by atoms with Gasteiger partial charge in [-0.1, -0.05) is 12.1 Å². The highest BCUT2D eigenvalue weighted by molar-refractivity contribution is 8.26. The number of hydrogen-bond donors (Lipinski definition) is 2. The molecule has 3 heterocycles. The second-order valence-electron chi connectivity index (χ2n) is 9.17. The molecule has 1 aliphatic carbocycles. The Morgan fingerprint density at radius 1 is 1.15 bits per heavy atom. The van der Waals surface area contributed by atoms with E-state index in [9.17, 15) is 17.9 Å². The van der Waals surface area contributed by atoms with E-state index in [1.165, 1.54) is 8.61 Å². The molecule has 3 aliphatic rings. The fourth-order valence-electron chi connectivity index (χ4n) is 4.72. The molecule has 34 heavy (non-hydrogen) atoms. The van der Waals surface area contributed by atoms with Gasteiger partial charge in [-0.15, -0.1) is 12.4 Å². The van der Waals surface area contributed by atoms with E-state index in [0.717, 1.165) is 48.6 Å². The highest BCUT2D eigenvalue weighted by atomic mass is 35.5. The normalized spacial score (nSPS) is 24.0. The summed E-state index contributed by atoms with van der Waals surface area (Å²) in [4.78, 5) is 7.19. The zero-order chi connectivity index (χ0) is 23.5. The van der Waals surface area contributed by atoms with Crippen molar-refractivity contribution in [2.24, 2.45) is 5.92 Å². The maximum Gasteiger partial charge on any atom is 0.253 e. The number of benzene rings is 1. The molecule has 2 aliphatic heterocycles. The first-order valence-electron chi connectivity index (χ1n) is 11.2. The van der Waals surface area contributed by atoms with Crippen LogP contribution in [0.5, 0.6) is 0 Å². The molecular weight excluding hydrogens is 486 g/mol. The fourth-order valence-corrected chi connectivity index (χ4v) is 6.22. The highest BCUT2D eigenvalue weighted by Crippen LogP contribution is 2.63. The summed E-state index contributed by atoms with van der Waals surface area (Å²) in [5, 5.41) is 0. The van der Waals surface area contributed by atoms with Crippen molar-refractivity contribution in [1.29, 1.82) is 0 Å². The van der Waals surface area contributed by atoms with Gasteiger partial charge in [-0.2, -0.15) is 0 Å². The summed E-state index contributed by atoms with van der Waals surface area (Å²) in [7, 11) is -0.0466.